The average molecular weight is 366 g/mol. The standard InChI is InChI=1S/C18H17F3N2O3/c19-18(20,21)17(25)23-14-10-8-13(9-11-14)22-16(24)7-4-12-26-15-5-2-1-3-6-15/h1-3,5-6,8-11H,4,7,12H2,(H,22,24)(H,23,25). The van der Waals surface area contributed by atoms with Crippen LogP contribution in [0.4, 0.5) is 24.5 Å². The monoisotopic (exact) mass is 366 g/mol. The van der Waals surface area contributed by atoms with Crippen molar-refractivity contribution < 1.29 is 27.5 Å². The zero-order chi connectivity index (χ0) is 19.0. The normalized spacial score (nSPS) is 10.9. The Kier molecular flexibility index (Phi) is 6.60. The smallest absolute Gasteiger partial charge is 0.471 e. The molecular formula is C18H17F3N2O3. The van der Waals surface area contributed by atoms with Gasteiger partial charge in [-0.15, -0.1) is 0 Å². The van der Waals surface area contributed by atoms with Crippen LogP contribution >= 0.6 is 0 Å². The molecule has 0 saturated heterocycles. The van der Waals surface area contributed by atoms with Gasteiger partial charge in [0.15, 0.2) is 0 Å². The summed E-state index contributed by atoms with van der Waals surface area (Å²) in [5, 5.41) is 4.35. The fourth-order valence-electron chi connectivity index (χ4n) is 2.00. The van der Waals surface area contributed by atoms with E-state index in [1.165, 1.54) is 24.3 Å². The van der Waals surface area contributed by atoms with Crippen LogP contribution in [0.25, 0.3) is 0 Å². The number of nitrogens with one attached hydrogen (secondary N) is 2. The summed E-state index contributed by atoms with van der Waals surface area (Å²) >= 11 is 0. The van der Waals surface area contributed by atoms with Crippen molar-refractivity contribution in [1.29, 1.82) is 0 Å². The number of hydrogen-bond donors (Lipinski definition) is 2. The molecule has 0 aliphatic carbocycles. The van der Waals surface area contributed by atoms with Gasteiger partial charge in [-0.2, -0.15) is 13.2 Å². The van der Waals surface area contributed by atoms with E-state index in [9.17, 15) is 22.8 Å². The van der Waals surface area contributed by atoms with Crippen molar-refractivity contribution in [3.63, 3.8) is 0 Å². The van der Waals surface area contributed by atoms with Crippen molar-refractivity contribution in [3.05, 3.63) is 54.6 Å². The van der Waals surface area contributed by atoms with E-state index in [2.05, 4.69) is 5.32 Å². The zero-order valence-corrected chi connectivity index (χ0v) is 13.7. The maximum absolute atomic E-state index is 12.2. The minimum Gasteiger partial charge on any atom is -0.494 e. The first-order valence-electron chi connectivity index (χ1n) is 7.80. The summed E-state index contributed by atoms with van der Waals surface area (Å²) in [4.78, 5) is 22.7. The lowest BCUT2D eigenvalue weighted by molar-refractivity contribution is -0.167. The summed E-state index contributed by atoms with van der Waals surface area (Å²) in [5.74, 6) is -1.56. The number of para-hydroxylation sites is 1. The molecule has 138 valence electrons. The van der Waals surface area contributed by atoms with Crippen LogP contribution in [-0.4, -0.2) is 24.6 Å². The molecule has 0 saturated carbocycles. The van der Waals surface area contributed by atoms with Crippen LogP contribution in [0.2, 0.25) is 0 Å². The number of anilines is 2. The molecule has 2 rings (SSSR count). The van der Waals surface area contributed by atoms with Gasteiger partial charge in [-0.1, -0.05) is 18.2 Å². The second kappa shape index (κ2) is 8.89. The van der Waals surface area contributed by atoms with Crippen LogP contribution in [0.1, 0.15) is 12.8 Å². The molecule has 26 heavy (non-hydrogen) atoms. The Morgan fingerprint density at radius 1 is 0.885 bits per heavy atom. The number of ether oxygens (including phenoxy) is 1. The molecule has 0 unspecified atom stereocenters. The van der Waals surface area contributed by atoms with Gasteiger partial charge in [0.1, 0.15) is 5.75 Å². The largest absolute Gasteiger partial charge is 0.494 e. The van der Waals surface area contributed by atoms with Gasteiger partial charge in [-0.25, -0.2) is 0 Å². The van der Waals surface area contributed by atoms with Crippen LogP contribution in [0.15, 0.2) is 54.6 Å². The van der Waals surface area contributed by atoms with E-state index in [1.54, 1.807) is 5.32 Å². The molecule has 2 aromatic rings. The van der Waals surface area contributed by atoms with Crippen molar-refractivity contribution >= 4 is 23.2 Å². The summed E-state index contributed by atoms with van der Waals surface area (Å²) in [5.41, 5.74) is 0.408. The van der Waals surface area contributed by atoms with E-state index in [4.69, 9.17) is 4.74 Å². The van der Waals surface area contributed by atoms with Gasteiger partial charge < -0.3 is 15.4 Å². The van der Waals surface area contributed by atoms with E-state index in [0.29, 0.717) is 18.7 Å². The maximum atomic E-state index is 12.2. The first-order chi connectivity index (χ1) is 12.3. The molecule has 0 heterocycles. The van der Waals surface area contributed by atoms with Gasteiger partial charge >= 0.3 is 12.1 Å². The van der Waals surface area contributed by atoms with E-state index >= 15 is 0 Å². The third kappa shape index (κ3) is 6.46. The fraction of sp³-hybridized carbons (Fsp3) is 0.222. The van der Waals surface area contributed by atoms with Crippen LogP contribution in [0.5, 0.6) is 5.75 Å². The molecule has 0 fully saturated rings. The van der Waals surface area contributed by atoms with Gasteiger partial charge in [-0.3, -0.25) is 9.59 Å². The van der Waals surface area contributed by atoms with Gasteiger partial charge in [0.05, 0.1) is 6.61 Å². The summed E-state index contributed by atoms with van der Waals surface area (Å²) in [7, 11) is 0. The molecule has 0 bridgehead atoms. The van der Waals surface area contributed by atoms with Crippen molar-refractivity contribution in [3.8, 4) is 5.75 Å². The first-order valence-corrected chi connectivity index (χ1v) is 7.80. The van der Waals surface area contributed by atoms with Crippen molar-refractivity contribution in [2.45, 2.75) is 19.0 Å². The number of benzene rings is 2. The van der Waals surface area contributed by atoms with E-state index in [0.717, 1.165) is 5.75 Å². The third-order valence-corrected chi connectivity index (χ3v) is 3.24. The Bertz CT molecular complexity index is 732. The molecule has 0 atom stereocenters. The lowest BCUT2D eigenvalue weighted by Gasteiger charge is -2.09. The third-order valence-electron chi connectivity index (χ3n) is 3.24. The highest BCUT2D eigenvalue weighted by Gasteiger charge is 2.38. The summed E-state index contributed by atoms with van der Waals surface area (Å²) in [6, 6.07) is 14.6. The van der Waals surface area contributed by atoms with Crippen molar-refractivity contribution in [2.24, 2.45) is 0 Å². The van der Waals surface area contributed by atoms with Gasteiger partial charge in [0, 0.05) is 17.8 Å². The molecule has 5 nitrogen and oxygen atoms in total. The molecule has 0 aliphatic heterocycles. The Labute approximate surface area is 148 Å². The number of carbonyl (C=O) groups is 2. The number of carbonyl (C=O) groups excluding carboxylic acids is 2. The first kappa shape index (κ1) is 19.3. The SMILES string of the molecule is O=C(CCCOc1ccccc1)Nc1ccc(NC(=O)C(F)(F)F)cc1. The molecule has 2 N–H and O–H groups in total. The van der Waals surface area contributed by atoms with E-state index in [1.807, 2.05) is 30.3 Å². The van der Waals surface area contributed by atoms with Crippen molar-refractivity contribution in [1.82, 2.24) is 0 Å². The molecule has 0 aromatic heterocycles. The maximum Gasteiger partial charge on any atom is 0.471 e. The molecule has 0 spiro atoms. The molecule has 8 heteroatoms. The van der Waals surface area contributed by atoms with E-state index in [-0.39, 0.29) is 18.0 Å². The molecular weight excluding hydrogens is 349 g/mol. The lowest BCUT2D eigenvalue weighted by Crippen LogP contribution is -2.29. The van der Waals surface area contributed by atoms with Crippen LogP contribution in [-0.2, 0) is 9.59 Å². The number of hydrogen-bond acceptors (Lipinski definition) is 3. The van der Waals surface area contributed by atoms with Crippen molar-refractivity contribution in [2.75, 3.05) is 17.2 Å². The lowest BCUT2D eigenvalue weighted by atomic mass is 10.2. The molecule has 0 radical (unpaired) electrons. The minimum absolute atomic E-state index is 0.0124. The van der Waals surface area contributed by atoms with Crippen LogP contribution in [0.3, 0.4) is 0 Å². The second-order valence-electron chi connectivity index (χ2n) is 5.34. The predicted octanol–water partition coefficient (Wildman–Crippen LogP) is 3.99. The Morgan fingerprint density at radius 3 is 2.04 bits per heavy atom. The van der Waals surface area contributed by atoms with Gasteiger partial charge in [0.2, 0.25) is 5.91 Å². The van der Waals surface area contributed by atoms with Crippen LogP contribution < -0.4 is 15.4 Å². The van der Waals surface area contributed by atoms with E-state index < -0.39 is 12.1 Å². The zero-order valence-electron chi connectivity index (χ0n) is 13.7. The number of amides is 2. The van der Waals surface area contributed by atoms with Crippen LogP contribution in [0, 0.1) is 0 Å². The quantitative estimate of drug-likeness (QED) is 0.729. The second-order valence-corrected chi connectivity index (χ2v) is 5.34. The highest BCUT2D eigenvalue weighted by Crippen LogP contribution is 2.19. The summed E-state index contributed by atoms with van der Waals surface area (Å²) in [6.07, 6.45) is -4.20. The Balaban J connectivity index is 1.72. The number of alkyl halides is 3. The highest BCUT2D eigenvalue weighted by molar-refractivity contribution is 5.95. The summed E-state index contributed by atoms with van der Waals surface area (Å²) in [6.45, 7) is 0.389. The molecule has 2 amide bonds. The topological polar surface area (TPSA) is 67.4 Å². The summed E-state index contributed by atoms with van der Waals surface area (Å²) < 4.78 is 42.0. The highest BCUT2D eigenvalue weighted by atomic mass is 19.4. The Hall–Kier alpha value is -3.03. The fourth-order valence-corrected chi connectivity index (χ4v) is 2.00. The number of halogens is 3. The molecule has 2 aromatic carbocycles. The number of rotatable bonds is 7. The van der Waals surface area contributed by atoms with Gasteiger partial charge in [-0.05, 0) is 42.8 Å². The van der Waals surface area contributed by atoms with Gasteiger partial charge in [0.25, 0.3) is 0 Å². The minimum atomic E-state index is -4.95. The average Bonchev–Trinajstić information content (AvgIpc) is 2.60. The predicted molar refractivity (Wildman–Crippen MR) is 90.9 cm³/mol. The Morgan fingerprint density at radius 2 is 1.46 bits per heavy atom. The molecule has 0 aliphatic rings.